The van der Waals surface area contributed by atoms with Crippen LogP contribution in [-0.2, 0) is 11.2 Å². The topological polar surface area (TPSA) is 64.1 Å². The van der Waals surface area contributed by atoms with Crippen LogP contribution in [0.4, 0.5) is 0 Å². The number of carbonyl (C=O) groups excluding carboxylic acids is 1. The zero-order chi connectivity index (χ0) is 18.5. The van der Waals surface area contributed by atoms with Crippen molar-refractivity contribution in [3.8, 4) is 5.75 Å². The zero-order valence-electron chi connectivity index (χ0n) is 15.0. The van der Waals surface area contributed by atoms with Crippen LogP contribution in [-0.4, -0.2) is 35.3 Å². The van der Waals surface area contributed by atoms with E-state index in [0.717, 1.165) is 27.4 Å². The van der Waals surface area contributed by atoms with Crippen molar-refractivity contribution in [2.24, 2.45) is 0 Å². The fraction of sp³-hybridized carbons (Fsp3) is 0.316. The molecule has 7 heteroatoms. The number of amides is 1. The molecule has 0 spiro atoms. The predicted molar refractivity (Wildman–Crippen MR) is 107 cm³/mol. The van der Waals surface area contributed by atoms with Gasteiger partial charge in [0, 0.05) is 16.8 Å². The molecule has 0 aliphatic carbocycles. The number of methoxy groups -OCH3 is 1. The maximum atomic E-state index is 12.1. The van der Waals surface area contributed by atoms with E-state index in [1.165, 1.54) is 27.8 Å². The Labute approximate surface area is 161 Å². The summed E-state index contributed by atoms with van der Waals surface area (Å²) in [6.45, 7) is 4.78. The quantitative estimate of drug-likeness (QED) is 0.494. The van der Waals surface area contributed by atoms with Gasteiger partial charge in [0.25, 0.3) is 0 Å². The van der Waals surface area contributed by atoms with E-state index in [-0.39, 0.29) is 5.91 Å². The zero-order valence-corrected chi connectivity index (χ0v) is 16.7. The van der Waals surface area contributed by atoms with Crippen molar-refractivity contribution in [3.63, 3.8) is 0 Å². The molecule has 0 atom stereocenters. The minimum absolute atomic E-state index is 0.0138. The fourth-order valence-corrected chi connectivity index (χ4v) is 4.53. The van der Waals surface area contributed by atoms with Gasteiger partial charge in [-0.15, -0.1) is 11.3 Å². The van der Waals surface area contributed by atoms with Crippen LogP contribution >= 0.6 is 23.1 Å². The van der Waals surface area contributed by atoms with E-state index in [1.807, 2.05) is 24.3 Å². The molecule has 26 heavy (non-hydrogen) atoms. The second-order valence-electron chi connectivity index (χ2n) is 5.88. The number of nitrogens with one attached hydrogen (secondary N) is 1. The Morgan fingerprint density at radius 1 is 1.23 bits per heavy atom. The molecule has 136 valence electrons. The molecule has 0 saturated heterocycles. The monoisotopic (exact) mass is 387 g/mol. The minimum atomic E-state index is 0.0138. The van der Waals surface area contributed by atoms with Crippen LogP contribution < -0.4 is 10.1 Å². The van der Waals surface area contributed by atoms with Crippen LogP contribution in [0.25, 0.3) is 10.2 Å². The highest BCUT2D eigenvalue weighted by molar-refractivity contribution is 8.00. The van der Waals surface area contributed by atoms with Gasteiger partial charge in [0.05, 0.1) is 12.9 Å². The van der Waals surface area contributed by atoms with Gasteiger partial charge in [-0.05, 0) is 43.5 Å². The van der Waals surface area contributed by atoms with Crippen molar-refractivity contribution < 1.29 is 9.53 Å². The summed E-state index contributed by atoms with van der Waals surface area (Å²) < 4.78 is 5.14. The van der Waals surface area contributed by atoms with E-state index < -0.39 is 0 Å². The van der Waals surface area contributed by atoms with E-state index in [9.17, 15) is 4.79 Å². The first-order valence-corrected chi connectivity index (χ1v) is 10.1. The van der Waals surface area contributed by atoms with Crippen LogP contribution in [0.3, 0.4) is 0 Å². The van der Waals surface area contributed by atoms with Gasteiger partial charge in [0.15, 0.2) is 0 Å². The Balaban J connectivity index is 1.51. The third-order valence-corrected chi connectivity index (χ3v) is 6.27. The molecule has 0 unspecified atom stereocenters. The molecule has 1 N–H and O–H groups in total. The van der Waals surface area contributed by atoms with Crippen molar-refractivity contribution in [2.45, 2.75) is 25.3 Å². The Morgan fingerprint density at radius 3 is 2.73 bits per heavy atom. The Morgan fingerprint density at radius 2 is 2.00 bits per heavy atom. The van der Waals surface area contributed by atoms with Gasteiger partial charge in [0.2, 0.25) is 5.91 Å². The number of fused-ring (bicyclic) bond motifs is 1. The third-order valence-electron chi connectivity index (χ3n) is 4.17. The van der Waals surface area contributed by atoms with E-state index in [4.69, 9.17) is 4.74 Å². The van der Waals surface area contributed by atoms with Crippen molar-refractivity contribution in [1.29, 1.82) is 0 Å². The van der Waals surface area contributed by atoms with Gasteiger partial charge >= 0.3 is 0 Å². The lowest BCUT2D eigenvalue weighted by Gasteiger charge is -2.07. The second-order valence-corrected chi connectivity index (χ2v) is 8.05. The average Bonchev–Trinajstić information content (AvgIpc) is 2.95. The van der Waals surface area contributed by atoms with Crippen LogP contribution in [0.15, 0.2) is 35.6 Å². The fourth-order valence-electron chi connectivity index (χ4n) is 2.58. The molecule has 3 rings (SSSR count). The minimum Gasteiger partial charge on any atom is -0.497 e. The largest absolute Gasteiger partial charge is 0.497 e. The van der Waals surface area contributed by atoms with E-state index in [1.54, 1.807) is 24.8 Å². The highest BCUT2D eigenvalue weighted by Gasteiger charge is 2.13. The average molecular weight is 388 g/mol. The molecular weight excluding hydrogens is 366 g/mol. The van der Waals surface area contributed by atoms with Gasteiger partial charge in [-0.2, -0.15) is 0 Å². The number of hydrogen-bond donors (Lipinski definition) is 1. The number of ether oxygens (including phenoxy) is 1. The lowest BCUT2D eigenvalue weighted by molar-refractivity contribution is -0.118. The predicted octanol–water partition coefficient (Wildman–Crippen LogP) is 3.77. The number of aromatic nitrogens is 2. The number of carbonyl (C=O) groups is 1. The molecule has 0 aliphatic heterocycles. The smallest absolute Gasteiger partial charge is 0.230 e. The highest BCUT2D eigenvalue weighted by atomic mass is 32.2. The maximum absolute atomic E-state index is 12.1. The molecule has 0 radical (unpaired) electrons. The molecule has 3 aromatic rings. The van der Waals surface area contributed by atoms with E-state index >= 15 is 0 Å². The number of thiophene rings is 1. The van der Waals surface area contributed by atoms with Gasteiger partial charge in [0.1, 0.15) is 21.9 Å². The summed E-state index contributed by atoms with van der Waals surface area (Å²) in [6, 6.07) is 7.88. The van der Waals surface area contributed by atoms with Crippen molar-refractivity contribution in [1.82, 2.24) is 15.3 Å². The molecule has 0 aliphatic rings. The van der Waals surface area contributed by atoms with Crippen molar-refractivity contribution in [3.05, 3.63) is 46.6 Å². The molecule has 0 fully saturated rings. The summed E-state index contributed by atoms with van der Waals surface area (Å²) in [4.78, 5) is 23.1. The lowest BCUT2D eigenvalue weighted by atomic mass is 10.1. The van der Waals surface area contributed by atoms with E-state index in [2.05, 4.69) is 29.1 Å². The lowest BCUT2D eigenvalue weighted by Crippen LogP contribution is -2.27. The van der Waals surface area contributed by atoms with Crippen LogP contribution in [0.2, 0.25) is 0 Å². The van der Waals surface area contributed by atoms with Crippen LogP contribution in [0.5, 0.6) is 5.75 Å². The van der Waals surface area contributed by atoms with Gasteiger partial charge in [-0.3, -0.25) is 4.79 Å². The van der Waals surface area contributed by atoms with Crippen LogP contribution in [0.1, 0.15) is 16.0 Å². The summed E-state index contributed by atoms with van der Waals surface area (Å²) in [5, 5.41) is 4.92. The van der Waals surface area contributed by atoms with Gasteiger partial charge in [-0.1, -0.05) is 23.9 Å². The molecule has 2 heterocycles. The molecule has 0 saturated carbocycles. The molecule has 0 bridgehead atoms. The van der Waals surface area contributed by atoms with Crippen molar-refractivity contribution >= 4 is 39.2 Å². The number of rotatable bonds is 7. The molecule has 5 nitrogen and oxygen atoms in total. The number of hydrogen-bond acceptors (Lipinski definition) is 6. The van der Waals surface area contributed by atoms with Gasteiger partial charge < -0.3 is 10.1 Å². The number of thioether (sulfide) groups is 1. The Hall–Kier alpha value is -2.12. The Kier molecular flexibility index (Phi) is 6.11. The second kappa shape index (κ2) is 8.51. The van der Waals surface area contributed by atoms with E-state index in [0.29, 0.717) is 12.3 Å². The highest BCUT2D eigenvalue weighted by Crippen LogP contribution is 2.34. The standard InChI is InChI=1S/C19H21N3O2S2/c1-12-13(2)26-19-17(12)18(21-11-22-19)25-10-16(23)20-9-8-14-4-6-15(24-3)7-5-14/h4-7,11H,8-10H2,1-3H3,(H,20,23). The molecular formula is C19H21N3O2S2. The normalized spacial score (nSPS) is 10.9. The van der Waals surface area contributed by atoms with Crippen molar-refractivity contribution in [2.75, 3.05) is 19.4 Å². The summed E-state index contributed by atoms with van der Waals surface area (Å²) in [6.07, 6.45) is 2.36. The number of aryl methyl sites for hydroxylation is 2. The first-order chi connectivity index (χ1) is 12.6. The molecule has 2 aromatic heterocycles. The Bertz CT molecular complexity index is 907. The maximum Gasteiger partial charge on any atom is 0.230 e. The summed E-state index contributed by atoms with van der Waals surface area (Å²) in [5.74, 6) is 1.20. The number of nitrogens with zero attached hydrogens (tertiary/aromatic N) is 2. The first-order valence-electron chi connectivity index (χ1n) is 8.31. The number of benzene rings is 1. The SMILES string of the molecule is COc1ccc(CCNC(=O)CSc2ncnc3sc(C)c(C)c23)cc1. The first kappa shape index (κ1) is 18.7. The summed E-state index contributed by atoms with van der Waals surface area (Å²) >= 11 is 3.13. The summed E-state index contributed by atoms with van der Waals surface area (Å²) in [5.41, 5.74) is 2.37. The van der Waals surface area contributed by atoms with Crippen LogP contribution in [0, 0.1) is 13.8 Å². The summed E-state index contributed by atoms with van der Waals surface area (Å²) in [7, 11) is 1.65. The molecule has 1 amide bonds. The van der Waals surface area contributed by atoms with Gasteiger partial charge in [-0.25, -0.2) is 9.97 Å². The third kappa shape index (κ3) is 4.34. The molecule has 1 aromatic carbocycles.